The SMILES string of the molecule is Cl.Clc1ccc([C@H]2COCCN2)c(Cl)c1. The summed E-state index contributed by atoms with van der Waals surface area (Å²) in [5.74, 6) is 0. The normalized spacial score (nSPS) is 20.8. The van der Waals surface area contributed by atoms with Crippen molar-refractivity contribution in [2.45, 2.75) is 6.04 Å². The molecule has 1 saturated heterocycles. The molecule has 2 rings (SSSR count). The van der Waals surface area contributed by atoms with Crippen LogP contribution >= 0.6 is 35.6 Å². The van der Waals surface area contributed by atoms with Gasteiger partial charge in [0.15, 0.2) is 0 Å². The summed E-state index contributed by atoms with van der Waals surface area (Å²) in [7, 11) is 0. The fourth-order valence-electron chi connectivity index (χ4n) is 1.55. The maximum absolute atomic E-state index is 6.08. The van der Waals surface area contributed by atoms with Gasteiger partial charge in [0.25, 0.3) is 0 Å². The molecule has 2 nitrogen and oxygen atoms in total. The van der Waals surface area contributed by atoms with Crippen molar-refractivity contribution in [3.8, 4) is 0 Å². The monoisotopic (exact) mass is 267 g/mol. The first-order valence-electron chi connectivity index (χ1n) is 4.53. The molecule has 0 radical (unpaired) electrons. The first-order valence-corrected chi connectivity index (χ1v) is 5.29. The number of benzene rings is 1. The van der Waals surface area contributed by atoms with Crippen molar-refractivity contribution >= 4 is 35.6 Å². The number of nitrogens with one attached hydrogen (secondary N) is 1. The third-order valence-corrected chi connectivity index (χ3v) is 2.82. The highest BCUT2D eigenvalue weighted by Crippen LogP contribution is 2.27. The molecule has 0 amide bonds. The predicted octanol–water partition coefficient (Wildman–Crippen LogP) is 3.08. The van der Waals surface area contributed by atoms with Crippen molar-refractivity contribution in [1.82, 2.24) is 5.32 Å². The zero-order valence-corrected chi connectivity index (χ0v) is 10.3. The highest BCUT2D eigenvalue weighted by Gasteiger charge is 2.17. The lowest BCUT2D eigenvalue weighted by Gasteiger charge is -2.24. The molecule has 84 valence electrons. The lowest BCUT2D eigenvalue weighted by atomic mass is 10.1. The number of ether oxygens (including phenoxy) is 1. The number of halogens is 3. The van der Waals surface area contributed by atoms with Gasteiger partial charge in [0.05, 0.1) is 19.3 Å². The fourth-order valence-corrected chi connectivity index (χ4v) is 2.09. The first-order chi connectivity index (χ1) is 6.77. The van der Waals surface area contributed by atoms with Crippen LogP contribution in [0.1, 0.15) is 11.6 Å². The summed E-state index contributed by atoms with van der Waals surface area (Å²) >= 11 is 11.9. The van der Waals surface area contributed by atoms with E-state index in [1.54, 1.807) is 6.07 Å². The molecule has 0 unspecified atom stereocenters. The molecule has 1 aliphatic rings. The van der Waals surface area contributed by atoms with Gasteiger partial charge in [-0.05, 0) is 17.7 Å². The van der Waals surface area contributed by atoms with E-state index in [2.05, 4.69) is 5.32 Å². The maximum Gasteiger partial charge on any atom is 0.0662 e. The maximum atomic E-state index is 6.08. The second-order valence-electron chi connectivity index (χ2n) is 3.25. The Kier molecular flexibility index (Phi) is 5.16. The molecule has 0 aromatic heterocycles. The van der Waals surface area contributed by atoms with Crippen molar-refractivity contribution in [2.75, 3.05) is 19.8 Å². The highest BCUT2D eigenvalue weighted by atomic mass is 35.5. The molecule has 1 heterocycles. The van der Waals surface area contributed by atoms with E-state index in [4.69, 9.17) is 27.9 Å². The van der Waals surface area contributed by atoms with Crippen molar-refractivity contribution in [3.63, 3.8) is 0 Å². The van der Waals surface area contributed by atoms with Crippen LogP contribution in [-0.4, -0.2) is 19.8 Å². The van der Waals surface area contributed by atoms with E-state index in [0.29, 0.717) is 16.7 Å². The van der Waals surface area contributed by atoms with Crippen LogP contribution in [0, 0.1) is 0 Å². The van der Waals surface area contributed by atoms with E-state index >= 15 is 0 Å². The molecule has 1 fully saturated rings. The molecule has 5 heteroatoms. The van der Waals surface area contributed by atoms with Gasteiger partial charge in [0.2, 0.25) is 0 Å². The van der Waals surface area contributed by atoms with Crippen LogP contribution in [0.15, 0.2) is 18.2 Å². The topological polar surface area (TPSA) is 21.3 Å². The van der Waals surface area contributed by atoms with Crippen molar-refractivity contribution in [3.05, 3.63) is 33.8 Å². The summed E-state index contributed by atoms with van der Waals surface area (Å²) in [6, 6.07) is 5.73. The van der Waals surface area contributed by atoms with E-state index in [1.165, 1.54) is 0 Å². The minimum Gasteiger partial charge on any atom is -0.378 e. The molecule has 0 saturated carbocycles. The van der Waals surface area contributed by atoms with Crippen molar-refractivity contribution in [1.29, 1.82) is 0 Å². The van der Waals surface area contributed by atoms with Crippen LogP contribution in [0.5, 0.6) is 0 Å². The van der Waals surface area contributed by atoms with Crippen molar-refractivity contribution < 1.29 is 4.74 Å². The summed E-state index contributed by atoms with van der Waals surface area (Å²) in [4.78, 5) is 0. The molecule has 15 heavy (non-hydrogen) atoms. The van der Waals surface area contributed by atoms with Crippen LogP contribution in [0.2, 0.25) is 10.0 Å². The smallest absolute Gasteiger partial charge is 0.0662 e. The molecule has 1 N–H and O–H groups in total. The molecular formula is C10H12Cl3NO. The van der Waals surface area contributed by atoms with Gasteiger partial charge < -0.3 is 10.1 Å². The van der Waals surface area contributed by atoms with Crippen LogP contribution < -0.4 is 5.32 Å². The van der Waals surface area contributed by atoms with Gasteiger partial charge in [-0.1, -0.05) is 29.3 Å². The van der Waals surface area contributed by atoms with Crippen LogP contribution in [0.4, 0.5) is 0 Å². The second kappa shape index (κ2) is 5.92. The molecule has 1 aromatic carbocycles. The van der Waals surface area contributed by atoms with Gasteiger partial charge in [0.1, 0.15) is 0 Å². The van der Waals surface area contributed by atoms with E-state index < -0.39 is 0 Å². The summed E-state index contributed by atoms with van der Waals surface area (Å²) < 4.78 is 5.37. The Hall–Kier alpha value is 0.01000. The van der Waals surface area contributed by atoms with Crippen molar-refractivity contribution in [2.24, 2.45) is 0 Å². The Balaban J connectivity index is 0.00000112. The van der Waals surface area contributed by atoms with Gasteiger partial charge in [-0.15, -0.1) is 12.4 Å². The molecule has 0 bridgehead atoms. The van der Waals surface area contributed by atoms with E-state index in [0.717, 1.165) is 18.7 Å². The Morgan fingerprint density at radius 1 is 1.33 bits per heavy atom. The second-order valence-corrected chi connectivity index (χ2v) is 4.09. The number of hydrogen-bond acceptors (Lipinski definition) is 2. The largest absolute Gasteiger partial charge is 0.378 e. The van der Waals surface area contributed by atoms with Gasteiger partial charge in [-0.3, -0.25) is 0 Å². The molecule has 0 spiro atoms. The molecule has 1 atom stereocenters. The fraction of sp³-hybridized carbons (Fsp3) is 0.400. The Morgan fingerprint density at radius 2 is 2.13 bits per heavy atom. The van der Waals surface area contributed by atoms with Gasteiger partial charge in [-0.2, -0.15) is 0 Å². The minimum absolute atomic E-state index is 0. The summed E-state index contributed by atoms with van der Waals surface area (Å²) in [6.07, 6.45) is 0. The van der Waals surface area contributed by atoms with E-state index in [1.807, 2.05) is 12.1 Å². The molecule has 0 aliphatic carbocycles. The van der Waals surface area contributed by atoms with Crippen LogP contribution in [0.25, 0.3) is 0 Å². The summed E-state index contributed by atoms with van der Waals surface area (Å²) in [5.41, 5.74) is 1.05. The summed E-state index contributed by atoms with van der Waals surface area (Å²) in [6.45, 7) is 2.30. The summed E-state index contributed by atoms with van der Waals surface area (Å²) in [5, 5.41) is 4.70. The Bertz CT molecular complexity index is 326. The van der Waals surface area contributed by atoms with E-state index in [9.17, 15) is 0 Å². The zero-order chi connectivity index (χ0) is 9.97. The van der Waals surface area contributed by atoms with Crippen LogP contribution in [-0.2, 0) is 4.74 Å². The van der Waals surface area contributed by atoms with Gasteiger partial charge in [0, 0.05) is 16.6 Å². The molecule has 1 aliphatic heterocycles. The third kappa shape index (κ3) is 3.23. The Labute approximate surface area is 105 Å². The lowest BCUT2D eigenvalue weighted by molar-refractivity contribution is 0.0769. The van der Waals surface area contributed by atoms with Gasteiger partial charge >= 0.3 is 0 Å². The number of rotatable bonds is 1. The predicted molar refractivity (Wildman–Crippen MR) is 65.3 cm³/mol. The van der Waals surface area contributed by atoms with Crippen LogP contribution in [0.3, 0.4) is 0 Å². The average Bonchev–Trinajstić information content (AvgIpc) is 2.19. The minimum atomic E-state index is 0. The number of morpholine rings is 1. The van der Waals surface area contributed by atoms with E-state index in [-0.39, 0.29) is 18.4 Å². The highest BCUT2D eigenvalue weighted by molar-refractivity contribution is 6.35. The molecular weight excluding hydrogens is 256 g/mol. The Morgan fingerprint density at radius 3 is 2.73 bits per heavy atom. The zero-order valence-electron chi connectivity index (χ0n) is 8.00. The third-order valence-electron chi connectivity index (χ3n) is 2.26. The molecule has 1 aromatic rings. The standard InChI is InChI=1S/C10H11Cl2NO.ClH/c11-7-1-2-8(9(12)5-7)10-6-14-4-3-13-10;/h1-2,5,10,13H,3-4,6H2;1H/t10-;/m1./s1. The quantitative estimate of drug-likeness (QED) is 0.845. The van der Waals surface area contributed by atoms with Gasteiger partial charge in [-0.25, -0.2) is 0 Å². The lowest BCUT2D eigenvalue weighted by Crippen LogP contribution is -2.34. The first kappa shape index (κ1) is 13.1. The average molecular weight is 269 g/mol. The number of hydrogen-bond donors (Lipinski definition) is 1.